The van der Waals surface area contributed by atoms with E-state index in [-0.39, 0.29) is 17.7 Å². The zero-order valence-electron chi connectivity index (χ0n) is 14.8. The summed E-state index contributed by atoms with van der Waals surface area (Å²) >= 11 is 1.46. The van der Waals surface area contributed by atoms with Crippen LogP contribution in [0.15, 0.2) is 47.8 Å². The molecule has 2 aliphatic rings. The third-order valence-corrected chi connectivity index (χ3v) is 6.40. The van der Waals surface area contributed by atoms with Crippen molar-refractivity contribution in [3.63, 3.8) is 0 Å². The Morgan fingerprint density at radius 2 is 1.69 bits per heavy atom. The van der Waals surface area contributed by atoms with Crippen LogP contribution in [0.3, 0.4) is 0 Å². The van der Waals surface area contributed by atoms with E-state index < -0.39 is 0 Å². The number of carbonyl (C=O) groups is 2. The molecule has 2 aromatic rings. The number of amides is 2. The Morgan fingerprint density at radius 3 is 2.35 bits per heavy atom. The molecule has 0 radical (unpaired) electrons. The lowest BCUT2D eigenvalue weighted by atomic mass is 9.89. The highest BCUT2D eigenvalue weighted by molar-refractivity contribution is 7.12. The Bertz CT molecular complexity index is 746. The Balaban J connectivity index is 1.23. The molecule has 0 atom stereocenters. The molecule has 136 valence electrons. The van der Waals surface area contributed by atoms with Crippen LogP contribution in [-0.4, -0.2) is 47.8 Å². The SMILES string of the molecule is O=C(c1cccs1)N1CC(C(=O)N2CCC(Cc3ccccc3)CC2)C1. The molecule has 2 saturated heterocycles. The molecule has 2 aliphatic heterocycles. The van der Waals surface area contributed by atoms with Gasteiger partial charge in [-0.2, -0.15) is 0 Å². The van der Waals surface area contributed by atoms with Crippen LogP contribution in [0.4, 0.5) is 0 Å². The second-order valence-corrected chi connectivity index (χ2v) is 8.29. The van der Waals surface area contributed by atoms with E-state index in [9.17, 15) is 9.59 Å². The van der Waals surface area contributed by atoms with Gasteiger partial charge in [-0.1, -0.05) is 36.4 Å². The first kappa shape index (κ1) is 17.3. The third-order valence-electron chi connectivity index (χ3n) is 5.54. The number of thiophene rings is 1. The first-order valence-corrected chi connectivity index (χ1v) is 10.2. The maximum Gasteiger partial charge on any atom is 0.263 e. The summed E-state index contributed by atoms with van der Waals surface area (Å²) in [7, 11) is 0. The van der Waals surface area contributed by atoms with Crippen molar-refractivity contribution >= 4 is 23.2 Å². The first-order valence-electron chi connectivity index (χ1n) is 9.36. The smallest absolute Gasteiger partial charge is 0.263 e. The summed E-state index contributed by atoms with van der Waals surface area (Å²) < 4.78 is 0. The minimum absolute atomic E-state index is 0.00964. The van der Waals surface area contributed by atoms with Crippen LogP contribution in [0.25, 0.3) is 0 Å². The predicted octanol–water partition coefficient (Wildman–Crippen LogP) is 3.30. The number of hydrogen-bond donors (Lipinski definition) is 0. The van der Waals surface area contributed by atoms with Crippen molar-refractivity contribution in [1.82, 2.24) is 9.80 Å². The second-order valence-electron chi connectivity index (χ2n) is 7.34. The van der Waals surface area contributed by atoms with E-state index in [0.29, 0.717) is 19.0 Å². The molecule has 0 N–H and O–H groups in total. The van der Waals surface area contributed by atoms with Gasteiger partial charge in [0, 0.05) is 26.2 Å². The van der Waals surface area contributed by atoms with Crippen LogP contribution in [-0.2, 0) is 11.2 Å². The molecule has 0 aliphatic carbocycles. The Kier molecular flexibility index (Phi) is 5.07. The van der Waals surface area contributed by atoms with Crippen LogP contribution >= 0.6 is 11.3 Å². The van der Waals surface area contributed by atoms with Crippen molar-refractivity contribution in [1.29, 1.82) is 0 Å². The molecular weight excluding hydrogens is 344 g/mol. The summed E-state index contributed by atoms with van der Waals surface area (Å²) in [5.41, 5.74) is 1.39. The lowest BCUT2D eigenvalue weighted by Crippen LogP contribution is -2.57. The predicted molar refractivity (Wildman–Crippen MR) is 103 cm³/mol. The molecule has 0 spiro atoms. The van der Waals surface area contributed by atoms with E-state index in [1.807, 2.05) is 22.4 Å². The van der Waals surface area contributed by atoms with E-state index in [4.69, 9.17) is 0 Å². The number of carbonyl (C=O) groups excluding carboxylic acids is 2. The van der Waals surface area contributed by atoms with Crippen LogP contribution in [0, 0.1) is 11.8 Å². The standard InChI is InChI=1S/C21H24N2O2S/c24-20(18-14-23(15-18)21(25)19-7-4-12-26-19)22-10-8-17(9-11-22)13-16-5-2-1-3-6-16/h1-7,12,17-18H,8-11,13-15H2. The van der Waals surface area contributed by atoms with Gasteiger partial charge in [0.05, 0.1) is 10.8 Å². The number of benzene rings is 1. The number of likely N-dealkylation sites (tertiary alicyclic amines) is 2. The van der Waals surface area contributed by atoms with Crippen molar-refractivity contribution in [2.75, 3.05) is 26.2 Å². The van der Waals surface area contributed by atoms with Gasteiger partial charge in [-0.25, -0.2) is 0 Å². The lowest BCUT2D eigenvalue weighted by Gasteiger charge is -2.42. The molecule has 1 aromatic carbocycles. The van der Waals surface area contributed by atoms with Gasteiger partial charge in [-0.15, -0.1) is 11.3 Å². The summed E-state index contributed by atoms with van der Waals surface area (Å²) in [6.45, 7) is 2.84. The summed E-state index contributed by atoms with van der Waals surface area (Å²) in [5.74, 6) is 0.952. The van der Waals surface area contributed by atoms with Crippen LogP contribution in [0.5, 0.6) is 0 Å². The van der Waals surface area contributed by atoms with E-state index in [2.05, 4.69) is 30.3 Å². The second kappa shape index (κ2) is 7.62. The Morgan fingerprint density at radius 1 is 0.962 bits per heavy atom. The van der Waals surface area contributed by atoms with E-state index in [1.54, 1.807) is 4.90 Å². The van der Waals surface area contributed by atoms with Gasteiger partial charge in [-0.3, -0.25) is 9.59 Å². The molecule has 5 heteroatoms. The average molecular weight is 369 g/mol. The first-order chi connectivity index (χ1) is 12.7. The van der Waals surface area contributed by atoms with E-state index >= 15 is 0 Å². The molecule has 2 amide bonds. The maximum atomic E-state index is 12.7. The highest BCUT2D eigenvalue weighted by Gasteiger charge is 2.39. The Labute approximate surface area is 158 Å². The topological polar surface area (TPSA) is 40.6 Å². The molecule has 26 heavy (non-hydrogen) atoms. The minimum atomic E-state index is -0.00964. The van der Waals surface area contributed by atoms with Gasteiger partial charge in [0.2, 0.25) is 5.91 Å². The van der Waals surface area contributed by atoms with Gasteiger partial charge in [0.1, 0.15) is 0 Å². The van der Waals surface area contributed by atoms with Gasteiger partial charge in [0.25, 0.3) is 5.91 Å². The summed E-state index contributed by atoms with van der Waals surface area (Å²) in [4.78, 5) is 29.5. The molecule has 0 unspecified atom stereocenters. The number of rotatable bonds is 4. The monoisotopic (exact) mass is 368 g/mol. The highest BCUT2D eigenvalue weighted by atomic mass is 32.1. The fourth-order valence-corrected chi connectivity index (χ4v) is 4.61. The van der Waals surface area contributed by atoms with Crippen molar-refractivity contribution in [3.05, 3.63) is 58.3 Å². The van der Waals surface area contributed by atoms with Gasteiger partial charge >= 0.3 is 0 Å². The van der Waals surface area contributed by atoms with Gasteiger partial charge in [0.15, 0.2) is 0 Å². The van der Waals surface area contributed by atoms with Gasteiger partial charge in [-0.05, 0) is 42.2 Å². The summed E-state index contributed by atoms with van der Waals surface area (Å²) in [6.07, 6.45) is 3.26. The molecule has 1 aromatic heterocycles. The third kappa shape index (κ3) is 3.68. The largest absolute Gasteiger partial charge is 0.342 e. The molecular formula is C21H24N2O2S. The summed E-state index contributed by atoms with van der Waals surface area (Å²) in [5, 5.41) is 1.91. The highest BCUT2D eigenvalue weighted by Crippen LogP contribution is 2.26. The molecule has 0 bridgehead atoms. The van der Waals surface area contributed by atoms with Crippen molar-refractivity contribution in [2.45, 2.75) is 19.3 Å². The zero-order chi connectivity index (χ0) is 17.9. The minimum Gasteiger partial charge on any atom is -0.342 e. The molecule has 3 heterocycles. The van der Waals surface area contributed by atoms with Crippen LogP contribution in [0.2, 0.25) is 0 Å². The fraction of sp³-hybridized carbons (Fsp3) is 0.429. The molecule has 4 rings (SSSR count). The van der Waals surface area contributed by atoms with Crippen molar-refractivity contribution in [3.8, 4) is 0 Å². The Hall–Kier alpha value is -2.14. The fourth-order valence-electron chi connectivity index (χ4n) is 3.92. The van der Waals surface area contributed by atoms with Crippen molar-refractivity contribution in [2.24, 2.45) is 11.8 Å². The maximum absolute atomic E-state index is 12.7. The van der Waals surface area contributed by atoms with E-state index in [1.165, 1.54) is 16.9 Å². The zero-order valence-corrected chi connectivity index (χ0v) is 15.7. The molecule has 0 saturated carbocycles. The number of nitrogens with zero attached hydrogens (tertiary/aromatic N) is 2. The average Bonchev–Trinajstić information content (AvgIpc) is 3.16. The molecule has 2 fully saturated rings. The van der Waals surface area contributed by atoms with Crippen molar-refractivity contribution < 1.29 is 9.59 Å². The lowest BCUT2D eigenvalue weighted by molar-refractivity contribution is -0.141. The quantitative estimate of drug-likeness (QED) is 0.831. The number of hydrogen-bond acceptors (Lipinski definition) is 3. The van der Waals surface area contributed by atoms with Crippen LogP contribution < -0.4 is 0 Å². The normalized spacial score (nSPS) is 18.6. The molecule has 4 nitrogen and oxygen atoms in total. The van der Waals surface area contributed by atoms with Crippen LogP contribution in [0.1, 0.15) is 28.1 Å². The van der Waals surface area contributed by atoms with E-state index in [0.717, 1.165) is 37.2 Å². The number of piperidine rings is 1. The summed E-state index contributed by atoms with van der Waals surface area (Å²) in [6, 6.07) is 14.3. The van der Waals surface area contributed by atoms with Gasteiger partial charge < -0.3 is 9.80 Å².